The highest BCUT2D eigenvalue weighted by Crippen LogP contribution is 2.05. The van der Waals surface area contributed by atoms with Gasteiger partial charge in [0.25, 0.3) is 0 Å². The van der Waals surface area contributed by atoms with Crippen molar-refractivity contribution in [3.05, 3.63) is 17.2 Å². The predicted molar refractivity (Wildman–Crippen MR) is 33.0 cm³/mol. The van der Waals surface area contributed by atoms with Gasteiger partial charge >= 0.3 is 0 Å². The molecule has 0 aliphatic heterocycles. The molecule has 0 aliphatic carbocycles. The quantitative estimate of drug-likeness (QED) is 0.350. The van der Waals surface area contributed by atoms with E-state index in [0.29, 0.717) is 10.8 Å². The Morgan fingerprint density at radius 2 is 2.67 bits per heavy atom. The third-order valence-corrected chi connectivity index (χ3v) is 1.10. The molecule has 1 aromatic heterocycles. The second-order valence-corrected chi connectivity index (χ2v) is 1.72. The van der Waals surface area contributed by atoms with Crippen LogP contribution in [-0.4, -0.2) is 21.4 Å². The van der Waals surface area contributed by atoms with Crippen LogP contribution in [0.25, 0.3) is 0 Å². The molecule has 0 aromatic carbocycles. The molecular formula is C4H4ClN3O. The third-order valence-electron chi connectivity index (χ3n) is 0.800. The molecule has 2 N–H and O–H groups in total. The molecule has 0 saturated carbocycles. The summed E-state index contributed by atoms with van der Waals surface area (Å²) in [5, 5.41) is 11.1. The average molecular weight is 146 g/mol. The van der Waals surface area contributed by atoms with Crippen LogP contribution in [0, 0.1) is 0 Å². The minimum Gasteiger partial charge on any atom is -0.411 e. The van der Waals surface area contributed by atoms with Crippen LogP contribution < -0.4 is 0 Å². The summed E-state index contributed by atoms with van der Waals surface area (Å²) in [6, 6.07) is 0. The first-order valence-electron chi connectivity index (χ1n) is 2.21. The van der Waals surface area contributed by atoms with Crippen molar-refractivity contribution < 1.29 is 5.21 Å². The zero-order valence-electron chi connectivity index (χ0n) is 4.37. The van der Waals surface area contributed by atoms with Crippen molar-refractivity contribution in [2.75, 3.05) is 0 Å². The summed E-state index contributed by atoms with van der Waals surface area (Å²) >= 11 is 5.50. The first-order chi connectivity index (χ1) is 4.34. The number of hydrogen-bond donors (Lipinski definition) is 2. The molecule has 4 nitrogen and oxygen atoms in total. The minimum absolute atomic E-state index is 0.368. The molecule has 9 heavy (non-hydrogen) atoms. The highest BCUT2D eigenvalue weighted by molar-refractivity contribution is 6.31. The topological polar surface area (TPSA) is 61.3 Å². The molecule has 0 atom stereocenters. The Balaban J connectivity index is 2.94. The fourth-order valence-corrected chi connectivity index (χ4v) is 0.580. The molecule has 0 spiro atoms. The van der Waals surface area contributed by atoms with Crippen LogP contribution in [0.2, 0.25) is 5.15 Å². The Morgan fingerprint density at radius 1 is 1.89 bits per heavy atom. The maximum absolute atomic E-state index is 8.02. The van der Waals surface area contributed by atoms with E-state index in [1.54, 1.807) is 0 Å². The van der Waals surface area contributed by atoms with E-state index in [-0.39, 0.29) is 0 Å². The number of halogens is 1. The van der Waals surface area contributed by atoms with E-state index in [4.69, 9.17) is 16.8 Å². The van der Waals surface area contributed by atoms with Crippen LogP contribution in [0.3, 0.4) is 0 Å². The van der Waals surface area contributed by atoms with Crippen LogP contribution in [0.4, 0.5) is 0 Å². The van der Waals surface area contributed by atoms with Gasteiger partial charge in [-0.25, -0.2) is 4.98 Å². The van der Waals surface area contributed by atoms with Gasteiger partial charge in [-0.3, -0.25) is 0 Å². The van der Waals surface area contributed by atoms with Crippen molar-refractivity contribution in [2.45, 2.75) is 0 Å². The normalized spacial score (nSPS) is 10.8. The molecule has 0 aliphatic rings. The lowest BCUT2D eigenvalue weighted by molar-refractivity contribution is 0.321. The van der Waals surface area contributed by atoms with Crippen molar-refractivity contribution in [1.82, 2.24) is 9.97 Å². The number of imidazole rings is 1. The van der Waals surface area contributed by atoms with Gasteiger partial charge in [0, 0.05) is 0 Å². The third kappa shape index (κ3) is 1.20. The lowest BCUT2D eigenvalue weighted by atomic mass is 10.5. The van der Waals surface area contributed by atoms with E-state index >= 15 is 0 Å². The van der Waals surface area contributed by atoms with Gasteiger partial charge in [0.2, 0.25) is 0 Å². The molecule has 0 bridgehead atoms. The largest absolute Gasteiger partial charge is 0.411 e. The molecule has 1 rings (SSSR count). The van der Waals surface area contributed by atoms with E-state index in [1.165, 1.54) is 6.33 Å². The number of aromatic nitrogens is 2. The highest BCUT2D eigenvalue weighted by atomic mass is 35.5. The molecular weight excluding hydrogens is 142 g/mol. The number of nitrogens with zero attached hydrogens (tertiary/aromatic N) is 2. The second-order valence-electron chi connectivity index (χ2n) is 1.35. The predicted octanol–water partition coefficient (Wildman–Crippen LogP) is 0.871. The first kappa shape index (κ1) is 6.10. The Kier molecular flexibility index (Phi) is 1.69. The second kappa shape index (κ2) is 2.50. The van der Waals surface area contributed by atoms with Gasteiger partial charge < -0.3 is 10.2 Å². The summed E-state index contributed by atoms with van der Waals surface area (Å²) in [5.41, 5.74) is 0.430. The summed E-state index contributed by atoms with van der Waals surface area (Å²) in [6.07, 6.45) is 2.57. The lowest BCUT2D eigenvalue weighted by Gasteiger charge is -1.79. The Labute approximate surface area is 56.2 Å². The van der Waals surface area contributed by atoms with E-state index in [0.717, 1.165) is 6.21 Å². The monoisotopic (exact) mass is 145 g/mol. The minimum atomic E-state index is 0.368. The molecule has 1 aromatic rings. The molecule has 0 amide bonds. The van der Waals surface area contributed by atoms with Crippen molar-refractivity contribution in [3.8, 4) is 0 Å². The molecule has 48 valence electrons. The van der Waals surface area contributed by atoms with Crippen LogP contribution >= 0.6 is 11.6 Å². The number of aromatic amines is 1. The van der Waals surface area contributed by atoms with Crippen molar-refractivity contribution >= 4 is 17.8 Å². The summed E-state index contributed by atoms with van der Waals surface area (Å²) in [5.74, 6) is 0. The van der Waals surface area contributed by atoms with Gasteiger partial charge in [-0.05, 0) is 0 Å². The maximum atomic E-state index is 8.02. The zero-order chi connectivity index (χ0) is 6.69. The van der Waals surface area contributed by atoms with Gasteiger partial charge in [0.1, 0.15) is 10.8 Å². The van der Waals surface area contributed by atoms with Gasteiger partial charge in [-0.15, -0.1) is 0 Å². The van der Waals surface area contributed by atoms with Crippen LogP contribution in [0.1, 0.15) is 5.69 Å². The maximum Gasteiger partial charge on any atom is 0.135 e. The fourth-order valence-electron chi connectivity index (χ4n) is 0.434. The lowest BCUT2D eigenvalue weighted by Crippen LogP contribution is -1.79. The number of hydrogen-bond acceptors (Lipinski definition) is 3. The number of oxime groups is 1. The van der Waals surface area contributed by atoms with Crippen molar-refractivity contribution in [3.63, 3.8) is 0 Å². The molecule has 0 fully saturated rings. The summed E-state index contributed by atoms with van der Waals surface area (Å²) < 4.78 is 0. The smallest absolute Gasteiger partial charge is 0.135 e. The van der Waals surface area contributed by atoms with Crippen LogP contribution in [0.5, 0.6) is 0 Å². The molecule has 0 radical (unpaired) electrons. The highest BCUT2D eigenvalue weighted by Gasteiger charge is 1.96. The van der Waals surface area contributed by atoms with Gasteiger partial charge in [-0.1, -0.05) is 16.8 Å². The summed E-state index contributed by atoms with van der Waals surface area (Å²) in [7, 11) is 0. The first-order valence-corrected chi connectivity index (χ1v) is 2.58. The van der Waals surface area contributed by atoms with E-state index in [2.05, 4.69) is 15.1 Å². The molecule has 0 unspecified atom stereocenters. The van der Waals surface area contributed by atoms with Gasteiger partial charge in [0.05, 0.1) is 12.5 Å². The van der Waals surface area contributed by atoms with Crippen molar-refractivity contribution in [2.24, 2.45) is 5.16 Å². The van der Waals surface area contributed by atoms with Gasteiger partial charge in [0.15, 0.2) is 0 Å². The van der Waals surface area contributed by atoms with E-state index in [1.807, 2.05) is 0 Å². The zero-order valence-corrected chi connectivity index (χ0v) is 5.13. The molecule has 5 heteroatoms. The van der Waals surface area contributed by atoms with E-state index in [9.17, 15) is 0 Å². The molecule has 1 heterocycles. The SMILES string of the molecule is ON=Cc1nc[nH]c1Cl. The Hall–Kier alpha value is -1.03. The Bertz CT molecular complexity index is 219. The number of H-pyrrole nitrogens is 1. The van der Waals surface area contributed by atoms with Crippen LogP contribution in [-0.2, 0) is 0 Å². The molecule has 0 saturated heterocycles. The Morgan fingerprint density at radius 3 is 3.11 bits per heavy atom. The standard InChI is InChI=1S/C4H4ClN3O/c5-4-3(1-8-9)6-2-7-4/h1-2,9H,(H,6,7). The fraction of sp³-hybridized carbons (Fsp3) is 0. The number of rotatable bonds is 1. The van der Waals surface area contributed by atoms with E-state index < -0.39 is 0 Å². The summed E-state index contributed by atoms with van der Waals surface area (Å²) in [4.78, 5) is 6.31. The summed E-state index contributed by atoms with van der Waals surface area (Å²) in [6.45, 7) is 0. The van der Waals surface area contributed by atoms with Gasteiger partial charge in [-0.2, -0.15) is 0 Å². The van der Waals surface area contributed by atoms with Crippen LogP contribution in [0.15, 0.2) is 11.5 Å². The van der Waals surface area contributed by atoms with Crippen molar-refractivity contribution in [1.29, 1.82) is 0 Å². The average Bonchev–Trinajstić information content (AvgIpc) is 2.18. The number of nitrogens with one attached hydrogen (secondary N) is 1.